The molecule has 0 spiro atoms. The number of hydrogen-bond donors (Lipinski definition) is 3. The number of nitrogens with one attached hydrogen (secondary N) is 2. The van der Waals surface area contributed by atoms with E-state index in [-0.39, 0.29) is 22.7 Å². The highest BCUT2D eigenvalue weighted by Gasteiger charge is 2.11. The molecule has 1 aromatic rings. The monoisotopic (exact) mass is 316 g/mol. The van der Waals surface area contributed by atoms with Crippen LogP contribution in [0.3, 0.4) is 0 Å². The first-order valence-corrected chi connectivity index (χ1v) is 7.80. The van der Waals surface area contributed by atoms with E-state index in [1.165, 1.54) is 12.1 Å². The maximum atomic E-state index is 11.7. The van der Waals surface area contributed by atoms with Gasteiger partial charge >= 0.3 is 12.0 Å². The zero-order valence-electron chi connectivity index (χ0n) is 11.3. The summed E-state index contributed by atoms with van der Waals surface area (Å²) in [4.78, 5) is 22.7. The molecule has 2 amide bonds. The summed E-state index contributed by atoms with van der Waals surface area (Å²) in [6.07, 6.45) is 2.88. The van der Waals surface area contributed by atoms with Crippen LogP contribution in [-0.2, 0) is 0 Å². The summed E-state index contributed by atoms with van der Waals surface area (Å²) >= 11 is 7.47. The van der Waals surface area contributed by atoms with Gasteiger partial charge in [-0.15, -0.1) is 0 Å². The summed E-state index contributed by atoms with van der Waals surface area (Å²) < 4.78 is 0. The van der Waals surface area contributed by atoms with Crippen LogP contribution in [0.4, 0.5) is 10.5 Å². The lowest BCUT2D eigenvalue weighted by Crippen LogP contribution is -2.36. The van der Waals surface area contributed by atoms with Crippen molar-refractivity contribution in [3.8, 4) is 0 Å². The first kappa shape index (κ1) is 16.7. The Morgan fingerprint density at radius 3 is 2.75 bits per heavy atom. The number of rotatable bonds is 6. The molecule has 7 heteroatoms. The van der Waals surface area contributed by atoms with E-state index in [1.807, 2.05) is 13.2 Å². The van der Waals surface area contributed by atoms with Crippen molar-refractivity contribution in [3.05, 3.63) is 28.8 Å². The third-order valence-corrected chi connectivity index (χ3v) is 3.56. The Morgan fingerprint density at radius 2 is 2.15 bits per heavy atom. The van der Waals surface area contributed by atoms with E-state index in [0.29, 0.717) is 5.69 Å². The van der Waals surface area contributed by atoms with Crippen molar-refractivity contribution in [2.24, 2.45) is 0 Å². The molecule has 0 fully saturated rings. The standard InChI is InChI=1S/C13H17ClN2O3S/c1-8(5-6-20-2)15-13(19)16-9-3-4-11(14)10(7-9)12(17)18/h3-4,7-8H,5-6H2,1-2H3,(H,17,18)(H2,15,16,19). The van der Waals surface area contributed by atoms with Crippen molar-refractivity contribution < 1.29 is 14.7 Å². The van der Waals surface area contributed by atoms with Gasteiger partial charge in [-0.3, -0.25) is 0 Å². The number of aromatic carboxylic acids is 1. The summed E-state index contributed by atoms with van der Waals surface area (Å²) in [6.45, 7) is 1.92. The molecule has 0 saturated heterocycles. The molecule has 20 heavy (non-hydrogen) atoms. The first-order chi connectivity index (χ1) is 9.43. The predicted molar refractivity (Wildman–Crippen MR) is 83.0 cm³/mol. The van der Waals surface area contributed by atoms with Crippen LogP contribution in [0.25, 0.3) is 0 Å². The molecular formula is C13H17ClN2O3S. The number of amides is 2. The van der Waals surface area contributed by atoms with E-state index in [4.69, 9.17) is 16.7 Å². The van der Waals surface area contributed by atoms with E-state index in [9.17, 15) is 9.59 Å². The topological polar surface area (TPSA) is 78.4 Å². The van der Waals surface area contributed by atoms with Crippen molar-refractivity contribution >= 4 is 41.1 Å². The Balaban J connectivity index is 2.62. The Labute approximate surface area is 127 Å². The Kier molecular flexibility index (Phi) is 6.67. The van der Waals surface area contributed by atoms with E-state index in [2.05, 4.69) is 10.6 Å². The van der Waals surface area contributed by atoms with Gasteiger partial charge in [0, 0.05) is 11.7 Å². The minimum atomic E-state index is -1.13. The Hall–Kier alpha value is -1.40. The number of carboxylic acid groups (broad SMARTS) is 1. The molecule has 0 aliphatic carbocycles. The van der Waals surface area contributed by atoms with Gasteiger partial charge in [-0.05, 0) is 43.6 Å². The highest BCUT2D eigenvalue weighted by Crippen LogP contribution is 2.20. The molecule has 0 radical (unpaired) electrons. The minimum Gasteiger partial charge on any atom is -0.478 e. The summed E-state index contributed by atoms with van der Waals surface area (Å²) in [6, 6.07) is 4.01. The van der Waals surface area contributed by atoms with Gasteiger partial charge in [-0.2, -0.15) is 11.8 Å². The molecule has 1 unspecified atom stereocenters. The van der Waals surface area contributed by atoms with Crippen LogP contribution in [-0.4, -0.2) is 35.2 Å². The highest BCUT2D eigenvalue weighted by molar-refractivity contribution is 7.98. The lowest BCUT2D eigenvalue weighted by Gasteiger charge is -2.14. The second-order valence-corrected chi connectivity index (χ2v) is 5.67. The zero-order chi connectivity index (χ0) is 15.1. The van der Waals surface area contributed by atoms with Gasteiger partial charge in [0.15, 0.2) is 0 Å². The number of carbonyl (C=O) groups excluding carboxylic acids is 1. The van der Waals surface area contributed by atoms with Crippen molar-refractivity contribution in [2.75, 3.05) is 17.3 Å². The lowest BCUT2D eigenvalue weighted by atomic mass is 10.2. The summed E-state index contributed by atoms with van der Waals surface area (Å²) in [5, 5.41) is 14.5. The third kappa shape index (κ3) is 5.30. The number of benzene rings is 1. The molecule has 110 valence electrons. The summed E-state index contributed by atoms with van der Waals surface area (Å²) in [5.74, 6) is -0.168. The predicted octanol–water partition coefficient (Wildman–Crippen LogP) is 3.30. The number of anilines is 1. The number of carbonyl (C=O) groups is 2. The molecule has 0 saturated carbocycles. The molecule has 5 nitrogen and oxygen atoms in total. The number of thioether (sulfide) groups is 1. The number of carboxylic acids is 1. The van der Waals surface area contributed by atoms with Gasteiger partial charge in [0.1, 0.15) is 0 Å². The quantitative estimate of drug-likeness (QED) is 0.752. The van der Waals surface area contributed by atoms with E-state index >= 15 is 0 Å². The van der Waals surface area contributed by atoms with Crippen molar-refractivity contribution in [1.29, 1.82) is 0 Å². The van der Waals surface area contributed by atoms with Crippen LogP contribution in [0.2, 0.25) is 5.02 Å². The fraction of sp³-hybridized carbons (Fsp3) is 0.385. The molecular weight excluding hydrogens is 300 g/mol. The van der Waals surface area contributed by atoms with Gasteiger partial charge in [0.25, 0.3) is 0 Å². The van der Waals surface area contributed by atoms with Crippen LogP contribution in [0.15, 0.2) is 18.2 Å². The third-order valence-electron chi connectivity index (χ3n) is 2.59. The minimum absolute atomic E-state index is 0.0418. The maximum Gasteiger partial charge on any atom is 0.337 e. The van der Waals surface area contributed by atoms with Crippen LogP contribution in [0, 0.1) is 0 Å². The molecule has 0 bridgehead atoms. The Morgan fingerprint density at radius 1 is 1.45 bits per heavy atom. The number of hydrogen-bond acceptors (Lipinski definition) is 3. The van der Waals surface area contributed by atoms with Crippen LogP contribution >= 0.6 is 23.4 Å². The van der Waals surface area contributed by atoms with E-state index < -0.39 is 5.97 Å². The molecule has 0 aromatic heterocycles. The smallest absolute Gasteiger partial charge is 0.337 e. The van der Waals surface area contributed by atoms with Gasteiger partial charge in [0.2, 0.25) is 0 Å². The number of halogens is 1. The van der Waals surface area contributed by atoms with Gasteiger partial charge in [-0.1, -0.05) is 11.6 Å². The lowest BCUT2D eigenvalue weighted by molar-refractivity contribution is 0.0697. The average molecular weight is 317 g/mol. The van der Waals surface area contributed by atoms with Crippen molar-refractivity contribution in [2.45, 2.75) is 19.4 Å². The largest absolute Gasteiger partial charge is 0.478 e. The molecule has 0 heterocycles. The molecule has 1 aromatic carbocycles. The maximum absolute atomic E-state index is 11.7. The van der Waals surface area contributed by atoms with Crippen LogP contribution in [0.5, 0.6) is 0 Å². The zero-order valence-corrected chi connectivity index (χ0v) is 12.8. The normalized spacial score (nSPS) is 11.8. The van der Waals surface area contributed by atoms with Crippen LogP contribution < -0.4 is 10.6 Å². The summed E-state index contributed by atoms with van der Waals surface area (Å²) in [7, 11) is 0. The van der Waals surface area contributed by atoms with Crippen molar-refractivity contribution in [1.82, 2.24) is 5.32 Å². The second-order valence-electron chi connectivity index (χ2n) is 4.28. The highest BCUT2D eigenvalue weighted by atomic mass is 35.5. The fourth-order valence-corrected chi connectivity index (χ4v) is 2.31. The molecule has 0 aliphatic heterocycles. The van der Waals surface area contributed by atoms with Crippen molar-refractivity contribution in [3.63, 3.8) is 0 Å². The first-order valence-electron chi connectivity index (χ1n) is 6.03. The second kappa shape index (κ2) is 8.01. The van der Waals surface area contributed by atoms with E-state index in [1.54, 1.807) is 17.8 Å². The SMILES string of the molecule is CSCCC(C)NC(=O)Nc1ccc(Cl)c(C(=O)O)c1. The fourth-order valence-electron chi connectivity index (χ4n) is 1.52. The summed E-state index contributed by atoms with van der Waals surface area (Å²) in [5.41, 5.74) is 0.348. The number of urea groups is 1. The molecule has 1 atom stereocenters. The Bertz CT molecular complexity index is 497. The van der Waals surface area contributed by atoms with Gasteiger partial charge < -0.3 is 15.7 Å². The molecule has 1 rings (SSSR count). The van der Waals surface area contributed by atoms with Gasteiger partial charge in [-0.25, -0.2) is 9.59 Å². The molecule has 0 aliphatic rings. The van der Waals surface area contributed by atoms with Gasteiger partial charge in [0.05, 0.1) is 10.6 Å². The van der Waals surface area contributed by atoms with Crippen LogP contribution in [0.1, 0.15) is 23.7 Å². The molecule has 3 N–H and O–H groups in total. The average Bonchev–Trinajstić information content (AvgIpc) is 2.38. The van der Waals surface area contributed by atoms with E-state index in [0.717, 1.165) is 12.2 Å².